The molecule has 246 valence electrons. The zero-order valence-corrected chi connectivity index (χ0v) is 28.5. The van der Waals surface area contributed by atoms with E-state index in [2.05, 4.69) is 133 Å². The summed E-state index contributed by atoms with van der Waals surface area (Å²) in [6.45, 7) is 0. The summed E-state index contributed by atoms with van der Waals surface area (Å²) in [6, 6.07) is 61.7. The van der Waals surface area contributed by atoms with Crippen molar-refractivity contribution >= 4 is 65.0 Å². The molecule has 0 N–H and O–H groups in total. The van der Waals surface area contributed by atoms with Crippen LogP contribution >= 0.6 is 0 Å². The van der Waals surface area contributed by atoms with Crippen LogP contribution < -0.4 is 0 Å². The molecule has 53 heavy (non-hydrogen) atoms. The molecule has 2 heterocycles. The van der Waals surface area contributed by atoms with E-state index in [-0.39, 0.29) is 0 Å². The first-order chi connectivity index (χ1) is 26.2. The lowest BCUT2D eigenvalue weighted by Gasteiger charge is -2.14. The molecule has 0 fully saturated rings. The van der Waals surface area contributed by atoms with Crippen molar-refractivity contribution in [3.63, 3.8) is 0 Å². The van der Waals surface area contributed by atoms with Gasteiger partial charge in [-0.25, -0.2) is 15.0 Å². The first-order valence-corrected chi connectivity index (χ1v) is 17.9. The van der Waals surface area contributed by atoms with Gasteiger partial charge >= 0.3 is 0 Å². The van der Waals surface area contributed by atoms with Crippen molar-refractivity contribution in [2.75, 3.05) is 0 Å². The molecule has 2 aromatic heterocycles. The molecule has 0 unspecified atom stereocenters. The van der Waals surface area contributed by atoms with Crippen molar-refractivity contribution in [3.05, 3.63) is 176 Å². The Balaban J connectivity index is 1.20. The highest BCUT2D eigenvalue weighted by Crippen LogP contribution is 2.42. The lowest BCUT2D eigenvalue weighted by molar-refractivity contribution is 0.669. The molecular formula is C49H29N3O. The van der Waals surface area contributed by atoms with E-state index in [1.807, 2.05) is 42.5 Å². The number of para-hydroxylation sites is 1. The average Bonchev–Trinajstić information content (AvgIpc) is 3.61. The van der Waals surface area contributed by atoms with Gasteiger partial charge in [-0.2, -0.15) is 0 Å². The maximum Gasteiger partial charge on any atom is 0.164 e. The largest absolute Gasteiger partial charge is 0.456 e. The monoisotopic (exact) mass is 675 g/mol. The molecule has 4 heteroatoms. The lowest BCUT2D eigenvalue weighted by Crippen LogP contribution is -2.00. The molecule has 0 bridgehead atoms. The predicted octanol–water partition coefficient (Wildman–Crippen LogP) is 13.1. The fourth-order valence-corrected chi connectivity index (χ4v) is 7.97. The van der Waals surface area contributed by atoms with Crippen molar-refractivity contribution < 1.29 is 4.42 Å². The van der Waals surface area contributed by atoms with Crippen molar-refractivity contribution in [3.8, 4) is 45.3 Å². The number of benzene rings is 9. The van der Waals surface area contributed by atoms with E-state index < -0.39 is 0 Å². The fourth-order valence-electron chi connectivity index (χ4n) is 7.97. The third kappa shape index (κ3) is 4.80. The van der Waals surface area contributed by atoms with Gasteiger partial charge in [0.25, 0.3) is 0 Å². The topological polar surface area (TPSA) is 51.8 Å². The number of fused-ring (bicyclic) bond motifs is 9. The molecule has 0 aliphatic rings. The van der Waals surface area contributed by atoms with E-state index in [0.717, 1.165) is 55.1 Å². The Kier molecular flexibility index (Phi) is 6.52. The van der Waals surface area contributed by atoms with Crippen LogP contribution in [-0.2, 0) is 0 Å². The van der Waals surface area contributed by atoms with Crippen LogP contribution in [0.4, 0.5) is 0 Å². The van der Waals surface area contributed by atoms with Gasteiger partial charge in [-0.15, -0.1) is 0 Å². The third-order valence-electron chi connectivity index (χ3n) is 10.5. The Morgan fingerprint density at radius 1 is 0.302 bits per heavy atom. The van der Waals surface area contributed by atoms with E-state index in [4.69, 9.17) is 19.4 Å². The number of aromatic nitrogens is 3. The maximum atomic E-state index is 6.62. The zero-order chi connectivity index (χ0) is 34.9. The molecule has 0 aliphatic heterocycles. The number of hydrogen-bond donors (Lipinski definition) is 0. The molecule has 11 rings (SSSR count). The van der Waals surface area contributed by atoms with Crippen LogP contribution in [0.3, 0.4) is 0 Å². The highest BCUT2D eigenvalue weighted by molar-refractivity contribution is 6.22. The Hall–Kier alpha value is -7.17. The molecule has 4 nitrogen and oxygen atoms in total. The van der Waals surface area contributed by atoms with Crippen LogP contribution in [0.5, 0.6) is 0 Å². The minimum atomic E-state index is 0.595. The summed E-state index contributed by atoms with van der Waals surface area (Å²) in [4.78, 5) is 15.5. The molecule has 0 aliphatic carbocycles. The van der Waals surface area contributed by atoms with Gasteiger partial charge in [-0.05, 0) is 78.5 Å². The number of hydrogen-bond acceptors (Lipinski definition) is 4. The molecule has 0 saturated heterocycles. The van der Waals surface area contributed by atoms with Crippen molar-refractivity contribution in [1.82, 2.24) is 15.0 Å². The van der Waals surface area contributed by atoms with Crippen LogP contribution in [0.1, 0.15) is 0 Å². The van der Waals surface area contributed by atoms with Gasteiger partial charge in [0.2, 0.25) is 0 Å². The number of nitrogens with zero attached hydrogens (tertiary/aromatic N) is 3. The summed E-state index contributed by atoms with van der Waals surface area (Å²) < 4.78 is 6.62. The van der Waals surface area contributed by atoms with Gasteiger partial charge < -0.3 is 4.42 Å². The minimum absolute atomic E-state index is 0.595. The molecule has 11 aromatic rings. The van der Waals surface area contributed by atoms with Gasteiger partial charge in [-0.3, -0.25) is 0 Å². The van der Waals surface area contributed by atoms with Gasteiger partial charge in [0.15, 0.2) is 17.5 Å². The molecule has 0 atom stereocenters. The van der Waals surface area contributed by atoms with E-state index in [0.29, 0.717) is 17.5 Å². The molecule has 0 radical (unpaired) electrons. The Morgan fingerprint density at radius 3 is 1.85 bits per heavy atom. The summed E-state index contributed by atoms with van der Waals surface area (Å²) in [5, 5.41) is 11.7. The van der Waals surface area contributed by atoms with E-state index in [9.17, 15) is 0 Å². The van der Waals surface area contributed by atoms with Crippen molar-refractivity contribution in [2.45, 2.75) is 0 Å². The molecule has 0 saturated carbocycles. The standard InChI is InChI=1S/C49H29N3O/c1-2-13-33(14-3-1)47-50-48(35-24-21-30-11-4-5-15-34(30)27-35)52-49(51-47)42-28-36(29-44-46(42)41-17-8-9-20-43(41)53-44)37-18-10-19-40-39(37)26-25-32-23-22-31-12-6-7-16-38(31)45(32)40/h1-29H. The van der Waals surface area contributed by atoms with Gasteiger partial charge in [0.05, 0.1) is 0 Å². The normalized spacial score (nSPS) is 11.8. The van der Waals surface area contributed by atoms with Crippen LogP contribution in [0, 0.1) is 0 Å². The van der Waals surface area contributed by atoms with Gasteiger partial charge in [0.1, 0.15) is 11.2 Å². The zero-order valence-electron chi connectivity index (χ0n) is 28.5. The lowest BCUT2D eigenvalue weighted by atomic mass is 9.91. The van der Waals surface area contributed by atoms with Crippen LogP contribution in [0.2, 0.25) is 0 Å². The van der Waals surface area contributed by atoms with Crippen LogP contribution in [0.25, 0.3) is 110 Å². The van der Waals surface area contributed by atoms with Crippen LogP contribution in [0.15, 0.2) is 180 Å². The summed E-state index contributed by atoms with van der Waals surface area (Å²) in [5.74, 6) is 1.83. The first kappa shape index (κ1) is 29.5. The van der Waals surface area contributed by atoms with Crippen LogP contribution in [-0.4, -0.2) is 15.0 Å². The SMILES string of the molecule is c1ccc(-c2nc(-c3ccc4ccccc4c3)nc(-c3cc(-c4cccc5c4ccc4ccc6ccccc6c45)cc4oc5ccccc5c34)n2)cc1. The number of rotatable bonds is 4. The molecule has 0 spiro atoms. The molecule has 0 amide bonds. The maximum absolute atomic E-state index is 6.62. The van der Waals surface area contributed by atoms with Gasteiger partial charge in [0, 0.05) is 27.5 Å². The smallest absolute Gasteiger partial charge is 0.164 e. The first-order valence-electron chi connectivity index (χ1n) is 17.9. The second kappa shape index (κ2) is 11.7. The second-order valence-corrected chi connectivity index (χ2v) is 13.6. The third-order valence-corrected chi connectivity index (χ3v) is 10.5. The summed E-state index contributed by atoms with van der Waals surface area (Å²) in [6.07, 6.45) is 0. The summed E-state index contributed by atoms with van der Waals surface area (Å²) in [7, 11) is 0. The van der Waals surface area contributed by atoms with Crippen molar-refractivity contribution in [2.24, 2.45) is 0 Å². The quantitative estimate of drug-likeness (QED) is 0.174. The number of furan rings is 1. The van der Waals surface area contributed by atoms with Gasteiger partial charge in [-0.1, -0.05) is 152 Å². The minimum Gasteiger partial charge on any atom is -0.456 e. The summed E-state index contributed by atoms with van der Waals surface area (Å²) >= 11 is 0. The Bertz CT molecular complexity index is 3240. The highest BCUT2D eigenvalue weighted by Gasteiger charge is 2.21. The predicted molar refractivity (Wildman–Crippen MR) is 219 cm³/mol. The Labute approximate surface area is 304 Å². The van der Waals surface area contributed by atoms with E-state index >= 15 is 0 Å². The van der Waals surface area contributed by atoms with E-state index in [1.165, 1.54) is 37.7 Å². The highest BCUT2D eigenvalue weighted by atomic mass is 16.3. The van der Waals surface area contributed by atoms with Crippen molar-refractivity contribution in [1.29, 1.82) is 0 Å². The molecular weight excluding hydrogens is 647 g/mol. The summed E-state index contributed by atoms with van der Waals surface area (Å²) in [5.41, 5.74) is 6.52. The average molecular weight is 676 g/mol. The molecule has 9 aromatic carbocycles. The Morgan fingerprint density at radius 2 is 0.962 bits per heavy atom. The van der Waals surface area contributed by atoms with E-state index in [1.54, 1.807) is 0 Å². The second-order valence-electron chi connectivity index (χ2n) is 13.6. The fraction of sp³-hybridized carbons (Fsp3) is 0.